The van der Waals surface area contributed by atoms with E-state index in [4.69, 9.17) is 5.11 Å². The molecule has 1 fully saturated rings. The Hall–Kier alpha value is -1.30. The third kappa shape index (κ3) is 5.92. The quantitative estimate of drug-likeness (QED) is 0.693. The maximum atomic E-state index is 11.8. The summed E-state index contributed by atoms with van der Waals surface area (Å²) in [5.41, 5.74) is 0. The van der Waals surface area contributed by atoms with Crippen LogP contribution in [0.15, 0.2) is 0 Å². The van der Waals surface area contributed by atoms with Gasteiger partial charge >= 0.3 is 12.0 Å². The van der Waals surface area contributed by atoms with Gasteiger partial charge in [-0.1, -0.05) is 13.8 Å². The Morgan fingerprint density at radius 2 is 1.89 bits per heavy atom. The summed E-state index contributed by atoms with van der Waals surface area (Å²) in [5.74, 6) is -0.753. The van der Waals surface area contributed by atoms with Crippen molar-refractivity contribution in [2.24, 2.45) is 5.92 Å². The molecule has 1 rings (SSSR count). The fraction of sp³-hybridized carbons (Fsp3) is 0.846. The second-order valence-corrected chi connectivity index (χ2v) is 5.72. The highest BCUT2D eigenvalue weighted by atomic mass is 16.4. The Kier molecular flexibility index (Phi) is 6.08. The summed E-state index contributed by atoms with van der Waals surface area (Å²) >= 11 is 0. The van der Waals surface area contributed by atoms with Crippen LogP contribution in [-0.2, 0) is 4.79 Å². The lowest BCUT2D eigenvalue weighted by molar-refractivity contribution is -0.139. The molecule has 1 aliphatic heterocycles. The highest BCUT2D eigenvalue weighted by Crippen LogP contribution is 2.08. The van der Waals surface area contributed by atoms with Gasteiger partial charge in [0.25, 0.3) is 0 Å². The van der Waals surface area contributed by atoms with Crippen LogP contribution in [0.25, 0.3) is 0 Å². The van der Waals surface area contributed by atoms with Gasteiger partial charge in [-0.15, -0.1) is 0 Å². The summed E-state index contributed by atoms with van der Waals surface area (Å²) in [6.07, 6.45) is 2.26. The van der Waals surface area contributed by atoms with Crippen LogP contribution in [0, 0.1) is 5.92 Å². The molecule has 110 valence electrons. The van der Waals surface area contributed by atoms with Crippen molar-refractivity contribution in [3.63, 3.8) is 0 Å². The van der Waals surface area contributed by atoms with E-state index in [9.17, 15) is 9.59 Å². The first-order chi connectivity index (χ1) is 8.88. The number of rotatable bonds is 5. The number of carbonyl (C=O) groups excluding carboxylic acids is 1. The number of nitrogens with one attached hydrogen (secondary N) is 2. The number of piperidine rings is 1. The topological polar surface area (TPSA) is 81.7 Å². The minimum Gasteiger partial charge on any atom is -0.480 e. The van der Waals surface area contributed by atoms with E-state index in [0.717, 1.165) is 25.9 Å². The molecule has 2 amide bonds. The van der Waals surface area contributed by atoms with Crippen LogP contribution < -0.4 is 10.6 Å². The predicted octanol–water partition coefficient (Wildman–Crippen LogP) is 0.879. The van der Waals surface area contributed by atoms with Crippen molar-refractivity contribution in [1.82, 2.24) is 15.5 Å². The Morgan fingerprint density at radius 3 is 2.37 bits per heavy atom. The number of amides is 2. The third-order valence-electron chi connectivity index (χ3n) is 3.36. The number of carboxylic acid groups (broad SMARTS) is 1. The zero-order valence-electron chi connectivity index (χ0n) is 12.0. The highest BCUT2D eigenvalue weighted by Gasteiger charge is 2.23. The van der Waals surface area contributed by atoms with Gasteiger partial charge in [0.1, 0.15) is 6.04 Å². The largest absolute Gasteiger partial charge is 0.480 e. The van der Waals surface area contributed by atoms with Crippen molar-refractivity contribution in [2.45, 2.75) is 45.2 Å². The van der Waals surface area contributed by atoms with E-state index in [2.05, 4.69) is 22.6 Å². The van der Waals surface area contributed by atoms with Crippen LogP contribution in [0.2, 0.25) is 0 Å². The molecule has 1 atom stereocenters. The van der Waals surface area contributed by atoms with Gasteiger partial charge < -0.3 is 20.6 Å². The molecular weight excluding hydrogens is 246 g/mol. The Morgan fingerprint density at radius 1 is 1.32 bits per heavy atom. The molecule has 1 aliphatic rings. The van der Waals surface area contributed by atoms with Crippen molar-refractivity contribution >= 4 is 12.0 Å². The molecule has 3 N–H and O–H groups in total. The molecule has 0 aromatic rings. The number of carboxylic acids is 1. The summed E-state index contributed by atoms with van der Waals surface area (Å²) in [5, 5.41) is 14.5. The second-order valence-electron chi connectivity index (χ2n) is 5.72. The van der Waals surface area contributed by atoms with Gasteiger partial charge in [-0.05, 0) is 45.3 Å². The van der Waals surface area contributed by atoms with E-state index >= 15 is 0 Å². The molecule has 0 aromatic carbocycles. The van der Waals surface area contributed by atoms with E-state index in [1.807, 2.05) is 13.8 Å². The number of aliphatic carboxylic acids is 1. The lowest BCUT2D eigenvalue weighted by atomic mass is 10.0. The summed E-state index contributed by atoms with van der Waals surface area (Å²) in [4.78, 5) is 25.1. The van der Waals surface area contributed by atoms with Crippen LogP contribution in [-0.4, -0.2) is 54.2 Å². The molecule has 1 heterocycles. The molecule has 0 bridgehead atoms. The smallest absolute Gasteiger partial charge is 0.326 e. The second kappa shape index (κ2) is 7.33. The minimum absolute atomic E-state index is 0.143. The molecule has 0 spiro atoms. The lowest BCUT2D eigenvalue weighted by Gasteiger charge is -2.30. The van der Waals surface area contributed by atoms with Crippen LogP contribution in [0.4, 0.5) is 4.79 Å². The molecule has 0 saturated carbocycles. The monoisotopic (exact) mass is 271 g/mol. The fourth-order valence-corrected chi connectivity index (χ4v) is 2.23. The number of hydrogen-bond donors (Lipinski definition) is 3. The number of carbonyl (C=O) groups is 2. The van der Waals surface area contributed by atoms with Crippen LogP contribution in [0.3, 0.4) is 0 Å². The van der Waals surface area contributed by atoms with Crippen LogP contribution >= 0.6 is 0 Å². The minimum atomic E-state index is -0.979. The molecule has 6 nitrogen and oxygen atoms in total. The first kappa shape index (κ1) is 15.8. The fourth-order valence-electron chi connectivity index (χ4n) is 2.23. The van der Waals surface area contributed by atoms with Crippen molar-refractivity contribution in [1.29, 1.82) is 0 Å². The normalized spacial score (nSPS) is 19.2. The number of nitrogens with zero attached hydrogens (tertiary/aromatic N) is 1. The number of urea groups is 1. The summed E-state index contributed by atoms with van der Waals surface area (Å²) in [7, 11) is 2.05. The molecule has 0 aliphatic carbocycles. The van der Waals surface area contributed by atoms with Crippen molar-refractivity contribution in [2.75, 3.05) is 20.1 Å². The van der Waals surface area contributed by atoms with Crippen LogP contribution in [0.1, 0.15) is 33.1 Å². The van der Waals surface area contributed by atoms with Gasteiger partial charge in [-0.25, -0.2) is 9.59 Å². The maximum Gasteiger partial charge on any atom is 0.326 e. The maximum absolute atomic E-state index is 11.8. The lowest BCUT2D eigenvalue weighted by Crippen LogP contribution is -2.51. The zero-order valence-corrected chi connectivity index (χ0v) is 12.0. The molecule has 1 saturated heterocycles. The highest BCUT2D eigenvalue weighted by molar-refractivity contribution is 5.82. The van der Waals surface area contributed by atoms with Crippen LogP contribution in [0.5, 0.6) is 0 Å². The average molecular weight is 271 g/mol. The molecule has 0 radical (unpaired) electrons. The molecule has 6 heteroatoms. The van der Waals surface area contributed by atoms with Gasteiger partial charge in [-0.3, -0.25) is 0 Å². The molecule has 0 aromatic heterocycles. The van der Waals surface area contributed by atoms with E-state index in [-0.39, 0.29) is 18.0 Å². The van der Waals surface area contributed by atoms with Crippen molar-refractivity contribution in [3.05, 3.63) is 0 Å². The van der Waals surface area contributed by atoms with Gasteiger partial charge in [0.15, 0.2) is 0 Å². The average Bonchev–Trinajstić information content (AvgIpc) is 2.30. The van der Waals surface area contributed by atoms with Crippen molar-refractivity contribution < 1.29 is 14.7 Å². The van der Waals surface area contributed by atoms with E-state index < -0.39 is 12.0 Å². The summed E-state index contributed by atoms with van der Waals surface area (Å²) < 4.78 is 0. The Balaban J connectivity index is 2.38. The molecular formula is C13H25N3O3. The van der Waals surface area contributed by atoms with Gasteiger partial charge in [0.05, 0.1) is 0 Å². The van der Waals surface area contributed by atoms with E-state index in [1.165, 1.54) is 0 Å². The number of hydrogen-bond acceptors (Lipinski definition) is 3. The van der Waals surface area contributed by atoms with Crippen molar-refractivity contribution in [3.8, 4) is 0 Å². The van der Waals surface area contributed by atoms with E-state index in [1.54, 1.807) is 0 Å². The van der Waals surface area contributed by atoms with E-state index in [0.29, 0.717) is 6.42 Å². The van der Waals surface area contributed by atoms with Gasteiger partial charge in [0.2, 0.25) is 0 Å². The SMILES string of the molecule is CC(C)CC(NC(=O)NC1CCN(C)CC1)C(=O)O. The van der Waals surface area contributed by atoms with Gasteiger partial charge in [0, 0.05) is 6.04 Å². The molecule has 1 unspecified atom stereocenters. The Bertz CT molecular complexity index is 312. The predicted molar refractivity (Wildman–Crippen MR) is 73.1 cm³/mol. The zero-order chi connectivity index (χ0) is 14.4. The first-order valence-electron chi connectivity index (χ1n) is 6.87. The number of likely N-dealkylation sites (tertiary alicyclic amines) is 1. The molecule has 19 heavy (non-hydrogen) atoms. The Labute approximate surface area is 114 Å². The first-order valence-corrected chi connectivity index (χ1v) is 6.87. The third-order valence-corrected chi connectivity index (χ3v) is 3.36. The summed E-state index contributed by atoms with van der Waals surface area (Å²) in [6, 6.07) is -1.04. The van der Waals surface area contributed by atoms with Gasteiger partial charge in [-0.2, -0.15) is 0 Å². The summed E-state index contributed by atoms with van der Waals surface area (Å²) in [6.45, 7) is 5.79. The standard InChI is InChI=1S/C13H25N3O3/c1-9(2)8-11(12(17)18)15-13(19)14-10-4-6-16(3)7-5-10/h9-11H,4-8H2,1-3H3,(H,17,18)(H2,14,15,19).